The molecule has 88 valence electrons. The summed E-state index contributed by atoms with van der Waals surface area (Å²) in [6.45, 7) is 3.99. The van der Waals surface area contributed by atoms with Crippen molar-refractivity contribution in [2.24, 2.45) is 5.73 Å². The van der Waals surface area contributed by atoms with Gasteiger partial charge in [-0.1, -0.05) is 19.4 Å². The van der Waals surface area contributed by atoms with Crippen molar-refractivity contribution in [3.8, 4) is 0 Å². The number of carbonyl (C=O) groups is 1. The summed E-state index contributed by atoms with van der Waals surface area (Å²) >= 11 is 3.39. The number of rotatable bonds is 4. The molecule has 0 aliphatic heterocycles. The Morgan fingerprint density at radius 3 is 2.88 bits per heavy atom. The molecule has 3 nitrogen and oxygen atoms in total. The molecule has 0 saturated heterocycles. The Bertz CT molecular complexity index is 379. The van der Waals surface area contributed by atoms with Crippen LogP contribution in [-0.2, 0) is 4.79 Å². The molecule has 0 aliphatic rings. The van der Waals surface area contributed by atoms with E-state index in [1.807, 2.05) is 32.0 Å². The van der Waals surface area contributed by atoms with Crippen LogP contribution >= 0.6 is 15.9 Å². The van der Waals surface area contributed by atoms with Gasteiger partial charge in [-0.3, -0.25) is 4.79 Å². The molecule has 4 heteroatoms. The fourth-order valence-electron chi connectivity index (χ4n) is 1.40. The van der Waals surface area contributed by atoms with E-state index in [1.165, 1.54) is 0 Å². The summed E-state index contributed by atoms with van der Waals surface area (Å²) in [5.41, 5.74) is 7.61. The zero-order valence-corrected chi connectivity index (χ0v) is 11.2. The van der Waals surface area contributed by atoms with E-state index in [2.05, 4.69) is 21.2 Å². The maximum Gasteiger partial charge on any atom is 0.241 e. The van der Waals surface area contributed by atoms with Crippen LogP contribution in [0.15, 0.2) is 22.7 Å². The summed E-state index contributed by atoms with van der Waals surface area (Å²) in [5.74, 6) is -0.131. The summed E-state index contributed by atoms with van der Waals surface area (Å²) in [5, 5.41) is 2.82. The number of hydrogen-bond acceptors (Lipinski definition) is 2. The topological polar surface area (TPSA) is 55.1 Å². The number of halogens is 1. The third-order valence-electron chi connectivity index (χ3n) is 2.32. The van der Waals surface area contributed by atoms with Gasteiger partial charge in [0.2, 0.25) is 5.91 Å². The van der Waals surface area contributed by atoms with Gasteiger partial charge in [0.05, 0.1) is 11.7 Å². The molecule has 1 rings (SSSR count). The van der Waals surface area contributed by atoms with E-state index in [0.29, 0.717) is 6.42 Å². The number of carbonyl (C=O) groups excluding carboxylic acids is 1. The molecular weight excluding hydrogens is 268 g/mol. The van der Waals surface area contributed by atoms with Crippen LogP contribution < -0.4 is 11.1 Å². The first-order valence-corrected chi connectivity index (χ1v) is 6.16. The lowest BCUT2D eigenvalue weighted by molar-refractivity contribution is -0.117. The second-order valence-electron chi connectivity index (χ2n) is 3.87. The molecule has 0 radical (unpaired) electrons. The SMILES string of the molecule is CCCC(N)C(=O)Nc1cc(C)ccc1Br. The van der Waals surface area contributed by atoms with Crippen molar-refractivity contribution in [1.82, 2.24) is 0 Å². The normalized spacial score (nSPS) is 12.2. The quantitative estimate of drug-likeness (QED) is 0.893. The molecule has 0 saturated carbocycles. The average molecular weight is 285 g/mol. The smallest absolute Gasteiger partial charge is 0.241 e. The predicted molar refractivity (Wildman–Crippen MR) is 70.4 cm³/mol. The van der Waals surface area contributed by atoms with Gasteiger partial charge < -0.3 is 11.1 Å². The van der Waals surface area contributed by atoms with Gasteiger partial charge in [-0.15, -0.1) is 0 Å². The number of anilines is 1. The standard InChI is InChI=1S/C12H17BrN2O/c1-3-4-10(14)12(16)15-11-7-8(2)5-6-9(11)13/h5-7,10H,3-4,14H2,1-2H3,(H,15,16). The fraction of sp³-hybridized carbons (Fsp3) is 0.417. The van der Waals surface area contributed by atoms with Gasteiger partial charge in [-0.25, -0.2) is 0 Å². The van der Waals surface area contributed by atoms with Gasteiger partial charge in [-0.2, -0.15) is 0 Å². The second-order valence-corrected chi connectivity index (χ2v) is 4.72. The Hall–Kier alpha value is -0.870. The molecule has 0 heterocycles. The minimum atomic E-state index is -0.433. The van der Waals surface area contributed by atoms with Gasteiger partial charge in [0.1, 0.15) is 0 Å². The molecule has 1 unspecified atom stereocenters. The summed E-state index contributed by atoms with van der Waals surface area (Å²) in [6.07, 6.45) is 1.61. The molecule has 1 aromatic carbocycles. The summed E-state index contributed by atoms with van der Waals surface area (Å²) in [6, 6.07) is 5.38. The maximum absolute atomic E-state index is 11.7. The first-order chi connectivity index (χ1) is 7.54. The van der Waals surface area contributed by atoms with Gasteiger partial charge in [0.25, 0.3) is 0 Å². The van der Waals surface area contributed by atoms with Gasteiger partial charge in [-0.05, 0) is 47.0 Å². The minimum Gasteiger partial charge on any atom is -0.324 e. The number of aryl methyl sites for hydroxylation is 1. The predicted octanol–water partition coefficient (Wildman–Crippen LogP) is 2.82. The highest BCUT2D eigenvalue weighted by molar-refractivity contribution is 9.10. The lowest BCUT2D eigenvalue weighted by atomic mass is 10.1. The van der Waals surface area contributed by atoms with Crippen molar-refractivity contribution >= 4 is 27.5 Å². The van der Waals surface area contributed by atoms with Crippen LogP contribution in [0.2, 0.25) is 0 Å². The summed E-state index contributed by atoms with van der Waals surface area (Å²) in [7, 11) is 0. The highest BCUT2D eigenvalue weighted by Gasteiger charge is 2.13. The number of nitrogens with one attached hydrogen (secondary N) is 1. The van der Waals surface area contributed by atoms with Crippen LogP contribution in [0.5, 0.6) is 0 Å². The molecule has 16 heavy (non-hydrogen) atoms. The van der Waals surface area contributed by atoms with Gasteiger partial charge in [0, 0.05) is 4.47 Å². The monoisotopic (exact) mass is 284 g/mol. The molecule has 0 bridgehead atoms. The highest BCUT2D eigenvalue weighted by Crippen LogP contribution is 2.23. The van der Waals surface area contributed by atoms with Crippen molar-refractivity contribution in [3.05, 3.63) is 28.2 Å². The van der Waals surface area contributed by atoms with Crippen molar-refractivity contribution in [2.75, 3.05) is 5.32 Å². The van der Waals surface area contributed by atoms with Crippen LogP contribution in [0.3, 0.4) is 0 Å². The summed E-state index contributed by atoms with van der Waals surface area (Å²) in [4.78, 5) is 11.7. The largest absolute Gasteiger partial charge is 0.324 e. The van der Waals surface area contributed by atoms with Crippen LogP contribution in [0.25, 0.3) is 0 Å². The first kappa shape index (κ1) is 13.2. The number of amides is 1. The van der Waals surface area contributed by atoms with E-state index in [-0.39, 0.29) is 5.91 Å². The Balaban J connectivity index is 2.72. The Kier molecular flexibility index (Phi) is 4.96. The summed E-state index contributed by atoms with van der Waals surface area (Å²) < 4.78 is 0.871. The molecular formula is C12H17BrN2O. The van der Waals surface area contributed by atoms with Crippen molar-refractivity contribution in [3.63, 3.8) is 0 Å². The van der Waals surface area contributed by atoms with E-state index >= 15 is 0 Å². The average Bonchev–Trinajstić information content (AvgIpc) is 2.23. The Morgan fingerprint density at radius 1 is 1.56 bits per heavy atom. The first-order valence-electron chi connectivity index (χ1n) is 5.37. The third kappa shape index (κ3) is 3.61. The molecule has 0 fully saturated rings. The van der Waals surface area contributed by atoms with E-state index < -0.39 is 6.04 Å². The molecule has 0 aliphatic carbocycles. The van der Waals surface area contributed by atoms with Crippen molar-refractivity contribution in [2.45, 2.75) is 32.7 Å². The molecule has 0 aromatic heterocycles. The second kappa shape index (κ2) is 6.01. The van der Waals surface area contributed by atoms with Gasteiger partial charge in [0.15, 0.2) is 0 Å². The Morgan fingerprint density at radius 2 is 2.25 bits per heavy atom. The lowest BCUT2D eigenvalue weighted by Crippen LogP contribution is -2.35. The van der Waals surface area contributed by atoms with E-state index in [4.69, 9.17) is 5.73 Å². The zero-order chi connectivity index (χ0) is 12.1. The van der Waals surface area contributed by atoms with Crippen LogP contribution in [0.4, 0.5) is 5.69 Å². The third-order valence-corrected chi connectivity index (χ3v) is 3.01. The number of benzene rings is 1. The van der Waals surface area contributed by atoms with Crippen LogP contribution in [-0.4, -0.2) is 11.9 Å². The molecule has 1 atom stereocenters. The molecule has 1 aromatic rings. The number of nitrogens with two attached hydrogens (primary N) is 1. The molecule has 1 amide bonds. The Labute approximate surface area is 105 Å². The molecule has 0 spiro atoms. The van der Waals surface area contributed by atoms with E-state index in [1.54, 1.807) is 0 Å². The van der Waals surface area contributed by atoms with E-state index in [0.717, 1.165) is 22.1 Å². The highest BCUT2D eigenvalue weighted by atomic mass is 79.9. The van der Waals surface area contributed by atoms with Crippen LogP contribution in [0.1, 0.15) is 25.3 Å². The maximum atomic E-state index is 11.7. The lowest BCUT2D eigenvalue weighted by Gasteiger charge is -2.12. The molecule has 3 N–H and O–H groups in total. The van der Waals surface area contributed by atoms with Gasteiger partial charge >= 0.3 is 0 Å². The van der Waals surface area contributed by atoms with Crippen molar-refractivity contribution < 1.29 is 4.79 Å². The minimum absolute atomic E-state index is 0.131. The van der Waals surface area contributed by atoms with Crippen molar-refractivity contribution in [1.29, 1.82) is 0 Å². The fourth-order valence-corrected chi connectivity index (χ4v) is 1.75. The number of hydrogen-bond donors (Lipinski definition) is 2. The zero-order valence-electron chi connectivity index (χ0n) is 9.59. The van der Waals surface area contributed by atoms with Crippen LogP contribution in [0, 0.1) is 6.92 Å². The van der Waals surface area contributed by atoms with E-state index in [9.17, 15) is 4.79 Å².